The Bertz CT molecular complexity index is 245. The van der Waals surface area contributed by atoms with Crippen molar-refractivity contribution in [2.45, 2.75) is 13.0 Å². The second-order valence-electron chi connectivity index (χ2n) is 3.45. The van der Waals surface area contributed by atoms with E-state index in [0.717, 1.165) is 32.0 Å². The van der Waals surface area contributed by atoms with Gasteiger partial charge in [-0.15, -0.1) is 10.2 Å². The van der Waals surface area contributed by atoms with Crippen molar-refractivity contribution in [1.82, 2.24) is 25.5 Å². The lowest BCUT2D eigenvalue weighted by Gasteiger charge is -2.12. The van der Waals surface area contributed by atoms with E-state index >= 15 is 0 Å². The highest BCUT2D eigenvalue weighted by molar-refractivity contribution is 4.82. The molecule has 1 aromatic rings. The average molecular weight is 182 g/mol. The Morgan fingerprint density at radius 1 is 1.62 bits per heavy atom. The van der Waals surface area contributed by atoms with Crippen LogP contribution in [0.25, 0.3) is 0 Å². The van der Waals surface area contributed by atoms with E-state index in [9.17, 15) is 0 Å². The average Bonchev–Trinajstić information content (AvgIpc) is 2.76. The van der Waals surface area contributed by atoms with E-state index in [0.29, 0.717) is 5.92 Å². The van der Waals surface area contributed by atoms with Crippen molar-refractivity contribution in [2.24, 2.45) is 11.7 Å². The topological polar surface area (TPSA) is 83.7 Å². The minimum atomic E-state index is 0.645. The maximum Gasteiger partial charge on any atom is 0.188 e. The number of hydrogen-bond acceptors (Lipinski definition) is 5. The third-order valence-electron chi connectivity index (χ3n) is 2.46. The number of nitrogens with one attached hydrogen (secondary N) is 1. The van der Waals surface area contributed by atoms with Gasteiger partial charge in [0, 0.05) is 6.54 Å². The Kier molecular flexibility index (Phi) is 2.51. The summed E-state index contributed by atoms with van der Waals surface area (Å²) in [5.41, 5.74) is 5.59. The van der Waals surface area contributed by atoms with Gasteiger partial charge in [-0.3, -0.25) is 4.90 Å². The van der Waals surface area contributed by atoms with Crippen LogP contribution in [0.2, 0.25) is 0 Å². The van der Waals surface area contributed by atoms with Gasteiger partial charge in [0.15, 0.2) is 5.82 Å². The third kappa shape index (κ3) is 2.02. The summed E-state index contributed by atoms with van der Waals surface area (Å²) >= 11 is 0. The molecule has 0 amide bonds. The monoisotopic (exact) mass is 182 g/mol. The lowest BCUT2D eigenvalue weighted by atomic mass is 10.1. The smallest absolute Gasteiger partial charge is 0.188 e. The van der Waals surface area contributed by atoms with Crippen molar-refractivity contribution in [2.75, 3.05) is 19.6 Å². The summed E-state index contributed by atoms with van der Waals surface area (Å²) in [7, 11) is 0. The number of H-pyrrole nitrogens is 1. The molecule has 72 valence electrons. The van der Waals surface area contributed by atoms with Crippen molar-refractivity contribution >= 4 is 0 Å². The number of nitrogens with zero attached hydrogens (tertiary/aromatic N) is 4. The lowest BCUT2D eigenvalue weighted by Crippen LogP contribution is -2.23. The number of aromatic nitrogens is 4. The fourth-order valence-electron chi connectivity index (χ4n) is 1.70. The van der Waals surface area contributed by atoms with Gasteiger partial charge in [0.2, 0.25) is 0 Å². The summed E-state index contributed by atoms with van der Waals surface area (Å²) in [6.45, 7) is 3.72. The number of likely N-dealkylation sites (tertiary alicyclic amines) is 1. The van der Waals surface area contributed by atoms with Crippen LogP contribution in [0.5, 0.6) is 0 Å². The van der Waals surface area contributed by atoms with Gasteiger partial charge in [0.25, 0.3) is 0 Å². The molecule has 1 saturated heterocycles. The van der Waals surface area contributed by atoms with Crippen LogP contribution in [-0.4, -0.2) is 45.2 Å². The molecule has 1 atom stereocenters. The molecule has 1 unspecified atom stereocenters. The summed E-state index contributed by atoms with van der Waals surface area (Å²) in [4.78, 5) is 2.31. The maximum atomic E-state index is 5.59. The van der Waals surface area contributed by atoms with Crippen LogP contribution in [0, 0.1) is 5.92 Å². The van der Waals surface area contributed by atoms with Gasteiger partial charge < -0.3 is 5.73 Å². The van der Waals surface area contributed by atoms with Crippen LogP contribution in [-0.2, 0) is 6.54 Å². The van der Waals surface area contributed by atoms with E-state index in [-0.39, 0.29) is 0 Å². The Hall–Kier alpha value is -1.01. The molecule has 6 heteroatoms. The summed E-state index contributed by atoms with van der Waals surface area (Å²) in [5.74, 6) is 1.41. The molecule has 1 fully saturated rings. The largest absolute Gasteiger partial charge is 0.330 e. The molecule has 0 saturated carbocycles. The first-order valence-corrected chi connectivity index (χ1v) is 4.53. The number of rotatable bonds is 3. The Labute approximate surface area is 76.5 Å². The van der Waals surface area contributed by atoms with E-state index in [2.05, 4.69) is 25.5 Å². The molecule has 0 bridgehead atoms. The van der Waals surface area contributed by atoms with Gasteiger partial charge in [-0.05, 0) is 25.4 Å². The highest BCUT2D eigenvalue weighted by atomic mass is 15.5. The molecule has 3 N–H and O–H groups in total. The van der Waals surface area contributed by atoms with Crippen molar-refractivity contribution < 1.29 is 0 Å². The Balaban J connectivity index is 1.84. The molecule has 0 spiro atoms. The molecule has 2 rings (SSSR count). The van der Waals surface area contributed by atoms with E-state index in [1.165, 1.54) is 6.42 Å². The second kappa shape index (κ2) is 3.80. The number of tetrazole rings is 1. The van der Waals surface area contributed by atoms with Gasteiger partial charge in [-0.25, -0.2) is 0 Å². The molecule has 0 radical (unpaired) electrons. The third-order valence-corrected chi connectivity index (χ3v) is 2.46. The lowest BCUT2D eigenvalue weighted by molar-refractivity contribution is 0.310. The zero-order valence-electron chi connectivity index (χ0n) is 7.48. The highest BCUT2D eigenvalue weighted by Gasteiger charge is 2.21. The highest BCUT2D eigenvalue weighted by Crippen LogP contribution is 2.15. The second-order valence-corrected chi connectivity index (χ2v) is 3.45. The maximum absolute atomic E-state index is 5.59. The molecular weight excluding hydrogens is 168 g/mol. The van der Waals surface area contributed by atoms with Gasteiger partial charge >= 0.3 is 0 Å². The molecular formula is C7H14N6. The quantitative estimate of drug-likeness (QED) is 0.625. The van der Waals surface area contributed by atoms with E-state index < -0.39 is 0 Å². The van der Waals surface area contributed by atoms with E-state index in [4.69, 9.17) is 5.73 Å². The molecule has 6 nitrogen and oxygen atoms in total. The van der Waals surface area contributed by atoms with Crippen LogP contribution in [0.3, 0.4) is 0 Å². The standard InChI is InChI=1S/C7H14N6/c8-3-6-1-2-13(4-6)5-7-9-11-12-10-7/h6H,1-5,8H2,(H,9,10,11,12). The van der Waals surface area contributed by atoms with Crippen molar-refractivity contribution in [3.63, 3.8) is 0 Å². The molecule has 13 heavy (non-hydrogen) atoms. The van der Waals surface area contributed by atoms with Crippen molar-refractivity contribution in [3.8, 4) is 0 Å². The number of aromatic amines is 1. The molecule has 1 aliphatic rings. The normalized spacial score (nSPS) is 23.9. The summed E-state index contributed by atoms with van der Waals surface area (Å²) in [6, 6.07) is 0. The fraction of sp³-hybridized carbons (Fsp3) is 0.857. The Morgan fingerprint density at radius 3 is 3.15 bits per heavy atom. The van der Waals surface area contributed by atoms with Crippen LogP contribution < -0.4 is 5.73 Å². The summed E-state index contributed by atoms with van der Waals surface area (Å²) in [5, 5.41) is 13.8. The first kappa shape index (κ1) is 8.58. The number of hydrogen-bond donors (Lipinski definition) is 2. The van der Waals surface area contributed by atoms with Gasteiger partial charge in [-0.2, -0.15) is 5.21 Å². The zero-order valence-corrected chi connectivity index (χ0v) is 7.48. The SMILES string of the molecule is NCC1CCN(Cc2nn[nH]n2)C1. The van der Waals surface area contributed by atoms with Gasteiger partial charge in [0.05, 0.1) is 6.54 Å². The van der Waals surface area contributed by atoms with Crippen LogP contribution in [0.15, 0.2) is 0 Å². The molecule has 0 aliphatic carbocycles. The molecule has 1 aliphatic heterocycles. The first-order chi connectivity index (χ1) is 6.38. The molecule has 1 aromatic heterocycles. The van der Waals surface area contributed by atoms with Crippen LogP contribution in [0.1, 0.15) is 12.2 Å². The van der Waals surface area contributed by atoms with E-state index in [1.807, 2.05) is 0 Å². The van der Waals surface area contributed by atoms with Crippen molar-refractivity contribution in [3.05, 3.63) is 5.82 Å². The first-order valence-electron chi connectivity index (χ1n) is 4.53. The molecule has 2 heterocycles. The van der Waals surface area contributed by atoms with Gasteiger partial charge in [-0.1, -0.05) is 5.21 Å². The summed E-state index contributed by atoms with van der Waals surface area (Å²) < 4.78 is 0. The molecule has 0 aromatic carbocycles. The zero-order chi connectivity index (χ0) is 9.10. The van der Waals surface area contributed by atoms with Gasteiger partial charge in [0.1, 0.15) is 0 Å². The predicted molar refractivity (Wildman–Crippen MR) is 46.6 cm³/mol. The predicted octanol–water partition coefficient (Wildman–Crippen LogP) is -1.02. The number of nitrogens with two attached hydrogens (primary N) is 1. The van der Waals surface area contributed by atoms with Crippen LogP contribution in [0.4, 0.5) is 0 Å². The van der Waals surface area contributed by atoms with E-state index in [1.54, 1.807) is 0 Å². The van der Waals surface area contributed by atoms with Crippen LogP contribution >= 0.6 is 0 Å². The minimum Gasteiger partial charge on any atom is -0.330 e. The van der Waals surface area contributed by atoms with Crippen molar-refractivity contribution in [1.29, 1.82) is 0 Å². The fourth-order valence-corrected chi connectivity index (χ4v) is 1.70. The Morgan fingerprint density at radius 2 is 2.54 bits per heavy atom. The minimum absolute atomic E-state index is 0.645. The summed E-state index contributed by atoms with van der Waals surface area (Å²) in [6.07, 6.45) is 1.19.